The molecule has 1 heterocycles. The average Bonchev–Trinajstić information content (AvgIpc) is 2.92. The van der Waals surface area contributed by atoms with Gasteiger partial charge in [-0.2, -0.15) is 0 Å². The number of ether oxygens (including phenoxy) is 1. The predicted octanol–water partition coefficient (Wildman–Crippen LogP) is 4.54. The van der Waals surface area contributed by atoms with Gasteiger partial charge in [-0.05, 0) is 37.6 Å². The molecule has 0 atom stereocenters. The lowest BCUT2D eigenvalue weighted by Crippen LogP contribution is -2.14. The number of benzene rings is 1. The summed E-state index contributed by atoms with van der Waals surface area (Å²) in [6, 6.07) is 9.37. The molecule has 0 bridgehead atoms. The van der Waals surface area contributed by atoms with E-state index < -0.39 is 5.97 Å². The van der Waals surface area contributed by atoms with Crippen LogP contribution in [0.15, 0.2) is 35.2 Å². The lowest BCUT2D eigenvalue weighted by molar-refractivity contribution is -0.139. The van der Waals surface area contributed by atoms with Crippen molar-refractivity contribution >= 4 is 46.5 Å². The molecule has 1 aromatic carbocycles. The number of carbonyl (C=O) groups is 2. The van der Waals surface area contributed by atoms with Crippen molar-refractivity contribution in [1.82, 2.24) is 0 Å². The zero-order valence-electron chi connectivity index (χ0n) is 12.2. The minimum Gasteiger partial charge on any atom is -0.457 e. The smallest absolute Gasteiger partial charge is 0.316 e. The van der Waals surface area contributed by atoms with Crippen molar-refractivity contribution in [3.8, 4) is 0 Å². The van der Waals surface area contributed by atoms with Gasteiger partial charge in [-0.3, -0.25) is 9.59 Å². The van der Waals surface area contributed by atoms with E-state index in [0.717, 1.165) is 16.0 Å². The Morgan fingerprint density at radius 2 is 2.00 bits per heavy atom. The van der Waals surface area contributed by atoms with Crippen LogP contribution < -0.4 is 0 Å². The molecule has 0 aliphatic carbocycles. The number of Topliss-reactive ketones (excluding diaryl/α,β-unsaturated/α-hetero) is 1. The molecule has 0 unspecified atom stereocenters. The maximum atomic E-state index is 11.8. The first-order chi connectivity index (χ1) is 10.5. The molecular formula is C16H15ClO3S2. The molecule has 0 amide bonds. The van der Waals surface area contributed by atoms with Crippen LogP contribution in [0.1, 0.15) is 20.8 Å². The van der Waals surface area contributed by atoms with Gasteiger partial charge in [-0.25, -0.2) is 0 Å². The van der Waals surface area contributed by atoms with E-state index in [4.69, 9.17) is 16.3 Å². The number of thiophene rings is 1. The molecule has 0 spiro atoms. The topological polar surface area (TPSA) is 43.4 Å². The largest absolute Gasteiger partial charge is 0.457 e. The molecule has 1 aromatic heterocycles. The number of esters is 1. The third kappa shape index (κ3) is 4.87. The number of carbonyl (C=O) groups excluding carboxylic acids is 2. The molecule has 3 nitrogen and oxygen atoms in total. The summed E-state index contributed by atoms with van der Waals surface area (Å²) in [5.41, 5.74) is 2.26. The van der Waals surface area contributed by atoms with Gasteiger partial charge in [0.1, 0.15) is 0 Å². The monoisotopic (exact) mass is 354 g/mol. The molecule has 6 heteroatoms. The van der Waals surface area contributed by atoms with Gasteiger partial charge in [0.05, 0.1) is 15.0 Å². The maximum Gasteiger partial charge on any atom is 0.316 e. The highest BCUT2D eigenvalue weighted by atomic mass is 35.5. The number of hydrogen-bond acceptors (Lipinski definition) is 5. The SMILES string of the molecule is Cc1ccc(C)c(SCC(=O)OCC(=O)c2ccc(Cl)s2)c1. The Hall–Kier alpha value is -1.30. The highest BCUT2D eigenvalue weighted by Crippen LogP contribution is 2.24. The van der Waals surface area contributed by atoms with Crippen LogP contribution in [0, 0.1) is 13.8 Å². The molecular weight excluding hydrogens is 340 g/mol. The normalized spacial score (nSPS) is 10.5. The predicted molar refractivity (Wildman–Crippen MR) is 91.3 cm³/mol. The van der Waals surface area contributed by atoms with Gasteiger partial charge in [0.25, 0.3) is 0 Å². The highest BCUT2D eigenvalue weighted by molar-refractivity contribution is 8.00. The first kappa shape index (κ1) is 17.1. The molecule has 22 heavy (non-hydrogen) atoms. The lowest BCUT2D eigenvalue weighted by Gasteiger charge is -2.07. The Morgan fingerprint density at radius 1 is 1.23 bits per heavy atom. The fraction of sp³-hybridized carbons (Fsp3) is 0.250. The molecule has 0 aliphatic rings. The van der Waals surface area contributed by atoms with E-state index in [9.17, 15) is 9.59 Å². The van der Waals surface area contributed by atoms with Gasteiger partial charge in [0, 0.05) is 4.90 Å². The van der Waals surface area contributed by atoms with Gasteiger partial charge >= 0.3 is 5.97 Å². The van der Waals surface area contributed by atoms with Crippen molar-refractivity contribution in [2.24, 2.45) is 0 Å². The standard InChI is InChI=1S/C16H15ClO3S2/c1-10-3-4-11(2)14(7-10)21-9-16(19)20-8-12(18)13-5-6-15(17)22-13/h3-7H,8-9H2,1-2H3. The van der Waals surface area contributed by atoms with E-state index in [0.29, 0.717) is 9.21 Å². The Morgan fingerprint density at radius 3 is 2.68 bits per heavy atom. The molecule has 0 saturated heterocycles. The van der Waals surface area contributed by atoms with Crippen LogP contribution in [-0.2, 0) is 9.53 Å². The quantitative estimate of drug-likeness (QED) is 0.434. The van der Waals surface area contributed by atoms with E-state index >= 15 is 0 Å². The lowest BCUT2D eigenvalue weighted by atomic mass is 10.2. The van der Waals surface area contributed by atoms with Gasteiger partial charge in [0.2, 0.25) is 5.78 Å². The highest BCUT2D eigenvalue weighted by Gasteiger charge is 2.12. The van der Waals surface area contributed by atoms with E-state index in [1.165, 1.54) is 23.1 Å². The van der Waals surface area contributed by atoms with Crippen molar-refractivity contribution in [3.05, 3.63) is 50.7 Å². The zero-order chi connectivity index (χ0) is 16.1. The van der Waals surface area contributed by atoms with Crippen molar-refractivity contribution < 1.29 is 14.3 Å². The van der Waals surface area contributed by atoms with Gasteiger partial charge in [0.15, 0.2) is 6.61 Å². The number of rotatable bonds is 6. The molecule has 0 N–H and O–H groups in total. The van der Waals surface area contributed by atoms with E-state index in [1.807, 2.05) is 32.0 Å². The van der Waals surface area contributed by atoms with Crippen LogP contribution in [0.25, 0.3) is 0 Å². The first-order valence-corrected chi connectivity index (χ1v) is 8.78. The van der Waals surface area contributed by atoms with Crippen LogP contribution in [0.2, 0.25) is 4.34 Å². The Bertz CT molecular complexity index is 694. The second-order valence-electron chi connectivity index (χ2n) is 4.75. The Balaban J connectivity index is 1.81. The van der Waals surface area contributed by atoms with Crippen molar-refractivity contribution in [3.63, 3.8) is 0 Å². The fourth-order valence-electron chi connectivity index (χ4n) is 1.72. The number of halogens is 1. The third-order valence-corrected chi connectivity index (χ3v) is 5.30. The second-order valence-corrected chi connectivity index (χ2v) is 7.48. The summed E-state index contributed by atoms with van der Waals surface area (Å²) in [6.45, 7) is 3.76. The number of thioether (sulfide) groups is 1. The van der Waals surface area contributed by atoms with Gasteiger partial charge in [-0.15, -0.1) is 23.1 Å². The molecule has 0 aliphatic heterocycles. The summed E-state index contributed by atoms with van der Waals surface area (Å²) in [7, 11) is 0. The van der Waals surface area contributed by atoms with Crippen LogP contribution in [-0.4, -0.2) is 24.1 Å². The Labute approximate surface area is 142 Å². The van der Waals surface area contributed by atoms with Crippen LogP contribution in [0.5, 0.6) is 0 Å². The summed E-state index contributed by atoms with van der Waals surface area (Å²) in [4.78, 5) is 25.1. The molecule has 2 aromatic rings. The summed E-state index contributed by atoms with van der Waals surface area (Å²) < 4.78 is 5.56. The zero-order valence-corrected chi connectivity index (χ0v) is 14.6. The second kappa shape index (κ2) is 7.81. The van der Waals surface area contributed by atoms with Gasteiger partial charge < -0.3 is 4.74 Å². The molecule has 2 rings (SSSR count). The number of ketones is 1. The van der Waals surface area contributed by atoms with Crippen molar-refractivity contribution in [2.45, 2.75) is 18.7 Å². The van der Waals surface area contributed by atoms with Crippen LogP contribution in [0.3, 0.4) is 0 Å². The molecule has 0 saturated carbocycles. The minimum absolute atomic E-state index is 0.183. The van der Waals surface area contributed by atoms with Gasteiger partial charge in [-0.1, -0.05) is 29.3 Å². The van der Waals surface area contributed by atoms with E-state index in [1.54, 1.807) is 12.1 Å². The summed E-state index contributed by atoms with van der Waals surface area (Å²) >= 11 is 8.36. The summed E-state index contributed by atoms with van der Waals surface area (Å²) in [5, 5.41) is 0. The fourth-order valence-corrected chi connectivity index (χ4v) is 3.61. The number of hydrogen-bond donors (Lipinski definition) is 0. The van der Waals surface area contributed by atoms with E-state index in [2.05, 4.69) is 0 Å². The molecule has 0 fully saturated rings. The third-order valence-electron chi connectivity index (χ3n) is 2.90. The number of aryl methyl sites for hydroxylation is 2. The van der Waals surface area contributed by atoms with Crippen molar-refractivity contribution in [2.75, 3.05) is 12.4 Å². The minimum atomic E-state index is -0.401. The molecule has 116 valence electrons. The maximum absolute atomic E-state index is 11.8. The molecule has 0 radical (unpaired) electrons. The van der Waals surface area contributed by atoms with E-state index in [-0.39, 0.29) is 18.1 Å². The Kier molecular flexibility index (Phi) is 6.06. The summed E-state index contributed by atoms with van der Waals surface area (Å²) in [6.07, 6.45) is 0. The van der Waals surface area contributed by atoms with Crippen LogP contribution >= 0.6 is 34.7 Å². The summed E-state index contributed by atoms with van der Waals surface area (Å²) in [5.74, 6) is -0.452. The average molecular weight is 355 g/mol. The van der Waals surface area contributed by atoms with Crippen molar-refractivity contribution in [1.29, 1.82) is 0 Å². The van der Waals surface area contributed by atoms with Crippen LogP contribution in [0.4, 0.5) is 0 Å². The first-order valence-electron chi connectivity index (χ1n) is 6.60.